The summed E-state index contributed by atoms with van der Waals surface area (Å²) in [5.41, 5.74) is -0.948. The Hall–Kier alpha value is -2.24. The van der Waals surface area contributed by atoms with E-state index in [4.69, 9.17) is 14.2 Å². The van der Waals surface area contributed by atoms with Gasteiger partial charge >= 0.3 is 11.9 Å². The monoisotopic (exact) mass is 280 g/mol. The number of carboxylic acids is 1. The highest BCUT2D eigenvalue weighted by atomic mass is 16.7. The first-order chi connectivity index (χ1) is 9.47. The Morgan fingerprint density at radius 3 is 2.70 bits per heavy atom. The second-order valence-electron chi connectivity index (χ2n) is 4.72. The summed E-state index contributed by atoms with van der Waals surface area (Å²) in [6.45, 7) is 3.29. The van der Waals surface area contributed by atoms with Crippen LogP contribution in [0.25, 0.3) is 0 Å². The van der Waals surface area contributed by atoms with Gasteiger partial charge in [-0.3, -0.25) is 9.59 Å². The molecule has 1 aliphatic rings. The molecule has 6 nitrogen and oxygen atoms in total. The third kappa shape index (κ3) is 2.54. The largest absolute Gasteiger partial charge is 0.480 e. The summed E-state index contributed by atoms with van der Waals surface area (Å²) in [5, 5.41) is 9.33. The van der Waals surface area contributed by atoms with Crippen molar-refractivity contribution >= 4 is 11.9 Å². The summed E-state index contributed by atoms with van der Waals surface area (Å²) in [6.07, 6.45) is 0.0256. The van der Waals surface area contributed by atoms with Gasteiger partial charge in [-0.2, -0.15) is 0 Å². The van der Waals surface area contributed by atoms with Crippen molar-refractivity contribution in [3.05, 3.63) is 23.8 Å². The normalized spacial score (nSPS) is 15.5. The molecule has 1 aromatic rings. The Labute approximate surface area is 116 Å². The van der Waals surface area contributed by atoms with Crippen molar-refractivity contribution in [3.8, 4) is 11.5 Å². The zero-order chi connectivity index (χ0) is 14.8. The summed E-state index contributed by atoms with van der Waals surface area (Å²) in [5.74, 6) is -0.792. The van der Waals surface area contributed by atoms with Crippen molar-refractivity contribution in [3.63, 3.8) is 0 Å². The third-order valence-corrected chi connectivity index (χ3v) is 3.19. The first-order valence-corrected chi connectivity index (χ1v) is 6.26. The molecule has 6 heteroatoms. The van der Waals surface area contributed by atoms with Gasteiger partial charge in [-0.1, -0.05) is 6.07 Å². The maximum absolute atomic E-state index is 11.9. The molecular formula is C14H16O6. The summed E-state index contributed by atoms with van der Waals surface area (Å²) in [6, 6.07) is 5.10. The van der Waals surface area contributed by atoms with Crippen LogP contribution in [-0.2, 0) is 20.7 Å². The number of carboxylic acid groups (broad SMARTS) is 1. The van der Waals surface area contributed by atoms with E-state index in [2.05, 4.69) is 0 Å². The first-order valence-electron chi connectivity index (χ1n) is 6.26. The fourth-order valence-corrected chi connectivity index (χ4v) is 1.98. The van der Waals surface area contributed by atoms with Crippen LogP contribution in [0.1, 0.15) is 19.4 Å². The Balaban J connectivity index is 2.24. The van der Waals surface area contributed by atoms with Crippen LogP contribution in [0, 0.1) is 5.41 Å². The van der Waals surface area contributed by atoms with Gasteiger partial charge in [0.15, 0.2) is 16.9 Å². The molecule has 20 heavy (non-hydrogen) atoms. The van der Waals surface area contributed by atoms with Crippen LogP contribution in [0.5, 0.6) is 11.5 Å². The molecule has 1 atom stereocenters. The predicted molar refractivity (Wildman–Crippen MR) is 68.6 cm³/mol. The van der Waals surface area contributed by atoms with Gasteiger partial charge in [0.05, 0.1) is 6.61 Å². The number of aliphatic carboxylic acids is 1. The second kappa shape index (κ2) is 5.40. The molecule has 0 bridgehead atoms. The molecule has 0 saturated heterocycles. The number of carbonyl (C=O) groups is 2. The lowest BCUT2D eigenvalue weighted by atomic mass is 9.83. The van der Waals surface area contributed by atoms with Crippen LogP contribution >= 0.6 is 0 Å². The number of hydrogen-bond acceptors (Lipinski definition) is 5. The number of benzene rings is 1. The number of ether oxygens (including phenoxy) is 3. The van der Waals surface area contributed by atoms with Crippen LogP contribution < -0.4 is 9.47 Å². The molecule has 1 aromatic carbocycles. The molecule has 2 rings (SSSR count). The van der Waals surface area contributed by atoms with Gasteiger partial charge in [0, 0.05) is 0 Å². The fourth-order valence-electron chi connectivity index (χ4n) is 1.98. The SMILES string of the molecule is CCOC(=O)C(C)(Cc1ccc2c(c1)OCO2)C(=O)O. The quantitative estimate of drug-likeness (QED) is 0.652. The average molecular weight is 280 g/mol. The van der Waals surface area contributed by atoms with Gasteiger partial charge in [-0.05, 0) is 38.0 Å². The summed E-state index contributed by atoms with van der Waals surface area (Å²) >= 11 is 0. The van der Waals surface area contributed by atoms with Gasteiger partial charge in [0.1, 0.15) is 0 Å². The highest BCUT2D eigenvalue weighted by Crippen LogP contribution is 2.35. The zero-order valence-corrected chi connectivity index (χ0v) is 11.3. The molecule has 1 N–H and O–H groups in total. The van der Waals surface area contributed by atoms with Gasteiger partial charge in [-0.15, -0.1) is 0 Å². The van der Waals surface area contributed by atoms with Crippen LogP contribution in [0.4, 0.5) is 0 Å². The van der Waals surface area contributed by atoms with Crippen molar-refractivity contribution in [2.45, 2.75) is 20.3 Å². The molecule has 0 amide bonds. The van der Waals surface area contributed by atoms with Crippen LogP contribution in [0.15, 0.2) is 18.2 Å². The molecule has 0 radical (unpaired) electrons. The number of esters is 1. The minimum atomic E-state index is -1.62. The lowest BCUT2D eigenvalue weighted by molar-refractivity contribution is -0.167. The predicted octanol–water partition coefficient (Wildman–Crippen LogP) is 1.61. The minimum Gasteiger partial charge on any atom is -0.480 e. The van der Waals surface area contributed by atoms with E-state index in [1.807, 2.05) is 0 Å². The molecular weight excluding hydrogens is 264 g/mol. The van der Waals surface area contributed by atoms with E-state index >= 15 is 0 Å². The number of carbonyl (C=O) groups excluding carboxylic acids is 1. The maximum Gasteiger partial charge on any atom is 0.323 e. The van der Waals surface area contributed by atoms with Crippen LogP contribution in [0.2, 0.25) is 0 Å². The standard InChI is InChI=1S/C14H16O6/c1-3-18-13(17)14(2,12(15)16)7-9-4-5-10-11(6-9)20-8-19-10/h4-6H,3,7-8H2,1-2H3,(H,15,16). The average Bonchev–Trinajstić information content (AvgIpc) is 2.86. The minimum absolute atomic E-state index is 0.0256. The third-order valence-electron chi connectivity index (χ3n) is 3.19. The topological polar surface area (TPSA) is 82.1 Å². The highest BCUT2D eigenvalue weighted by Gasteiger charge is 2.43. The van der Waals surface area contributed by atoms with E-state index in [-0.39, 0.29) is 19.8 Å². The van der Waals surface area contributed by atoms with E-state index in [1.165, 1.54) is 6.92 Å². The summed E-state index contributed by atoms with van der Waals surface area (Å²) in [7, 11) is 0. The fraction of sp³-hybridized carbons (Fsp3) is 0.429. The zero-order valence-electron chi connectivity index (χ0n) is 11.3. The molecule has 1 heterocycles. The van der Waals surface area contributed by atoms with Crippen LogP contribution in [0.3, 0.4) is 0 Å². The number of fused-ring (bicyclic) bond motifs is 1. The van der Waals surface area contributed by atoms with E-state index in [0.717, 1.165) is 0 Å². The van der Waals surface area contributed by atoms with Crippen molar-refractivity contribution in [2.75, 3.05) is 13.4 Å². The van der Waals surface area contributed by atoms with Crippen molar-refractivity contribution in [1.29, 1.82) is 0 Å². The molecule has 108 valence electrons. The molecule has 1 unspecified atom stereocenters. The van der Waals surface area contributed by atoms with E-state index in [9.17, 15) is 14.7 Å². The maximum atomic E-state index is 11.9. The van der Waals surface area contributed by atoms with E-state index in [0.29, 0.717) is 17.1 Å². The number of hydrogen-bond donors (Lipinski definition) is 1. The van der Waals surface area contributed by atoms with E-state index in [1.54, 1.807) is 25.1 Å². The molecule has 0 aromatic heterocycles. The molecule has 0 saturated carbocycles. The molecule has 0 spiro atoms. The van der Waals surface area contributed by atoms with Gasteiger partial charge < -0.3 is 19.3 Å². The van der Waals surface area contributed by atoms with Gasteiger partial charge in [0.25, 0.3) is 0 Å². The van der Waals surface area contributed by atoms with Gasteiger partial charge in [-0.25, -0.2) is 0 Å². The molecule has 0 fully saturated rings. The first kappa shape index (κ1) is 14.2. The van der Waals surface area contributed by atoms with Crippen molar-refractivity contribution < 1.29 is 28.9 Å². The second-order valence-corrected chi connectivity index (χ2v) is 4.72. The van der Waals surface area contributed by atoms with Gasteiger partial charge in [0.2, 0.25) is 6.79 Å². The smallest absolute Gasteiger partial charge is 0.323 e. The lowest BCUT2D eigenvalue weighted by Crippen LogP contribution is -2.40. The van der Waals surface area contributed by atoms with E-state index < -0.39 is 17.4 Å². The Morgan fingerprint density at radius 2 is 2.05 bits per heavy atom. The Kier molecular flexibility index (Phi) is 3.83. The lowest BCUT2D eigenvalue weighted by Gasteiger charge is -2.22. The van der Waals surface area contributed by atoms with Crippen LogP contribution in [-0.4, -0.2) is 30.4 Å². The summed E-state index contributed by atoms with van der Waals surface area (Å²) in [4.78, 5) is 23.3. The molecule has 0 aliphatic carbocycles. The Bertz CT molecular complexity index is 538. The Morgan fingerprint density at radius 1 is 1.35 bits per heavy atom. The summed E-state index contributed by atoms with van der Waals surface area (Å²) < 4.78 is 15.3. The molecule has 1 aliphatic heterocycles. The highest BCUT2D eigenvalue weighted by molar-refractivity contribution is 5.99. The van der Waals surface area contributed by atoms with Crippen molar-refractivity contribution in [1.82, 2.24) is 0 Å². The van der Waals surface area contributed by atoms with Crippen molar-refractivity contribution in [2.24, 2.45) is 5.41 Å². The number of rotatable bonds is 5.